The number of guanidine groups is 1. The van der Waals surface area contributed by atoms with E-state index < -0.39 is 0 Å². The molecule has 0 radical (unpaired) electrons. The summed E-state index contributed by atoms with van der Waals surface area (Å²) in [5.41, 5.74) is 1.80. The molecule has 2 aliphatic rings. The Balaban J connectivity index is 0.00000176. The van der Waals surface area contributed by atoms with Crippen LogP contribution in [0.25, 0.3) is 0 Å². The van der Waals surface area contributed by atoms with Crippen LogP contribution in [0.1, 0.15) is 44.6 Å². The highest BCUT2D eigenvalue weighted by molar-refractivity contribution is 14.0. The first kappa shape index (κ1) is 17.6. The van der Waals surface area contributed by atoms with Gasteiger partial charge in [-0.3, -0.25) is 4.99 Å². The van der Waals surface area contributed by atoms with Gasteiger partial charge in [-0.2, -0.15) is 0 Å². The Labute approximate surface area is 151 Å². The van der Waals surface area contributed by atoms with Gasteiger partial charge in [0.15, 0.2) is 5.96 Å². The number of aliphatic imine (C=N–C) groups is 1. The summed E-state index contributed by atoms with van der Waals surface area (Å²) in [7, 11) is 1.87. The third-order valence-electron chi connectivity index (χ3n) is 4.96. The minimum Gasteiger partial charge on any atom is -0.356 e. The third kappa shape index (κ3) is 4.15. The monoisotopic (exact) mass is 413 g/mol. The van der Waals surface area contributed by atoms with Gasteiger partial charge in [0.05, 0.1) is 0 Å². The molecule has 0 aliphatic heterocycles. The minimum atomic E-state index is 0. The zero-order valence-electron chi connectivity index (χ0n) is 13.6. The molecule has 3 rings (SSSR count). The average molecular weight is 413 g/mol. The maximum atomic E-state index is 4.38. The van der Waals surface area contributed by atoms with Crippen molar-refractivity contribution < 1.29 is 0 Å². The van der Waals surface area contributed by atoms with Crippen LogP contribution in [0.4, 0.5) is 0 Å². The first-order valence-corrected chi connectivity index (χ1v) is 8.30. The van der Waals surface area contributed by atoms with Crippen LogP contribution < -0.4 is 10.6 Å². The molecule has 2 fully saturated rings. The first-order chi connectivity index (χ1) is 10.3. The molecule has 0 saturated heterocycles. The SMILES string of the molecule is CCCC1CC1NC(=NC)NCC1(c2ccccc2)CC1.I. The molecule has 0 bridgehead atoms. The van der Waals surface area contributed by atoms with Crippen molar-refractivity contribution in [2.75, 3.05) is 13.6 Å². The van der Waals surface area contributed by atoms with Crippen LogP contribution >= 0.6 is 24.0 Å². The molecule has 0 heterocycles. The molecule has 0 spiro atoms. The fourth-order valence-corrected chi connectivity index (χ4v) is 3.25. The van der Waals surface area contributed by atoms with E-state index in [9.17, 15) is 0 Å². The Hall–Kier alpha value is -0.780. The molecule has 2 aliphatic carbocycles. The smallest absolute Gasteiger partial charge is 0.191 e. The molecule has 0 aromatic heterocycles. The maximum Gasteiger partial charge on any atom is 0.191 e. The summed E-state index contributed by atoms with van der Waals surface area (Å²) in [6.07, 6.45) is 6.48. The molecular formula is C18H28IN3. The van der Waals surface area contributed by atoms with Crippen molar-refractivity contribution in [3.05, 3.63) is 35.9 Å². The van der Waals surface area contributed by atoms with Crippen molar-refractivity contribution >= 4 is 29.9 Å². The quantitative estimate of drug-likeness (QED) is 0.424. The van der Waals surface area contributed by atoms with Crippen LogP contribution in [0.5, 0.6) is 0 Å². The molecule has 2 N–H and O–H groups in total. The van der Waals surface area contributed by atoms with Gasteiger partial charge < -0.3 is 10.6 Å². The predicted molar refractivity (Wildman–Crippen MR) is 104 cm³/mol. The normalized spacial score (nSPS) is 25.1. The lowest BCUT2D eigenvalue weighted by Gasteiger charge is -2.19. The second-order valence-electron chi connectivity index (χ2n) is 6.61. The van der Waals surface area contributed by atoms with Gasteiger partial charge in [0.25, 0.3) is 0 Å². The lowest BCUT2D eigenvalue weighted by molar-refractivity contribution is 0.628. The van der Waals surface area contributed by atoms with Crippen molar-refractivity contribution in [3.8, 4) is 0 Å². The molecule has 2 unspecified atom stereocenters. The summed E-state index contributed by atoms with van der Waals surface area (Å²) in [6, 6.07) is 11.5. The number of hydrogen-bond donors (Lipinski definition) is 2. The zero-order chi connectivity index (χ0) is 14.7. The first-order valence-electron chi connectivity index (χ1n) is 8.30. The highest BCUT2D eigenvalue weighted by Crippen LogP contribution is 2.47. The number of benzene rings is 1. The second kappa shape index (κ2) is 7.66. The predicted octanol–water partition coefficient (Wildman–Crippen LogP) is 3.69. The maximum absolute atomic E-state index is 4.38. The van der Waals surface area contributed by atoms with Gasteiger partial charge in [-0.1, -0.05) is 43.7 Å². The summed E-state index contributed by atoms with van der Waals surface area (Å²) in [4.78, 5) is 4.38. The Morgan fingerprint density at radius 3 is 2.59 bits per heavy atom. The lowest BCUT2D eigenvalue weighted by Crippen LogP contribution is -2.42. The minimum absolute atomic E-state index is 0. The largest absolute Gasteiger partial charge is 0.356 e. The van der Waals surface area contributed by atoms with Gasteiger partial charge >= 0.3 is 0 Å². The van der Waals surface area contributed by atoms with Crippen LogP contribution in [-0.4, -0.2) is 25.6 Å². The van der Waals surface area contributed by atoms with Gasteiger partial charge in [-0.15, -0.1) is 24.0 Å². The van der Waals surface area contributed by atoms with E-state index in [0.717, 1.165) is 18.4 Å². The van der Waals surface area contributed by atoms with E-state index in [2.05, 4.69) is 52.9 Å². The Morgan fingerprint density at radius 2 is 2.00 bits per heavy atom. The van der Waals surface area contributed by atoms with Gasteiger partial charge in [0.1, 0.15) is 0 Å². The van der Waals surface area contributed by atoms with Crippen LogP contribution in [0.3, 0.4) is 0 Å². The highest BCUT2D eigenvalue weighted by atomic mass is 127. The van der Waals surface area contributed by atoms with Crippen molar-refractivity contribution in [1.82, 2.24) is 10.6 Å². The molecular weight excluding hydrogens is 385 g/mol. The van der Waals surface area contributed by atoms with Crippen molar-refractivity contribution in [2.45, 2.75) is 50.5 Å². The number of halogens is 1. The van der Waals surface area contributed by atoms with E-state index in [4.69, 9.17) is 0 Å². The zero-order valence-corrected chi connectivity index (χ0v) is 16.0. The van der Waals surface area contributed by atoms with Crippen LogP contribution in [-0.2, 0) is 5.41 Å². The van der Waals surface area contributed by atoms with E-state index >= 15 is 0 Å². The lowest BCUT2D eigenvalue weighted by atomic mass is 9.96. The van der Waals surface area contributed by atoms with E-state index in [1.165, 1.54) is 37.7 Å². The van der Waals surface area contributed by atoms with Crippen molar-refractivity contribution in [2.24, 2.45) is 10.9 Å². The summed E-state index contributed by atoms with van der Waals surface area (Å²) < 4.78 is 0. The highest BCUT2D eigenvalue weighted by Gasteiger charge is 2.44. The van der Waals surface area contributed by atoms with Gasteiger partial charge in [0.2, 0.25) is 0 Å². The molecule has 2 saturated carbocycles. The summed E-state index contributed by atoms with van der Waals surface area (Å²) in [5.74, 6) is 1.83. The van der Waals surface area contributed by atoms with E-state index in [0.29, 0.717) is 11.5 Å². The van der Waals surface area contributed by atoms with Crippen LogP contribution in [0.15, 0.2) is 35.3 Å². The van der Waals surface area contributed by atoms with Gasteiger partial charge in [-0.25, -0.2) is 0 Å². The molecule has 2 atom stereocenters. The number of nitrogens with one attached hydrogen (secondary N) is 2. The Morgan fingerprint density at radius 1 is 1.27 bits per heavy atom. The third-order valence-corrected chi connectivity index (χ3v) is 4.96. The van der Waals surface area contributed by atoms with Crippen molar-refractivity contribution in [3.63, 3.8) is 0 Å². The molecule has 1 aromatic carbocycles. The topological polar surface area (TPSA) is 36.4 Å². The fraction of sp³-hybridized carbons (Fsp3) is 0.611. The van der Waals surface area contributed by atoms with Crippen LogP contribution in [0.2, 0.25) is 0 Å². The molecule has 22 heavy (non-hydrogen) atoms. The fourth-order valence-electron chi connectivity index (χ4n) is 3.25. The molecule has 0 amide bonds. The molecule has 3 nitrogen and oxygen atoms in total. The molecule has 4 heteroatoms. The Kier molecular flexibility index (Phi) is 6.12. The van der Waals surface area contributed by atoms with Gasteiger partial charge in [-0.05, 0) is 37.2 Å². The number of hydrogen-bond acceptors (Lipinski definition) is 1. The van der Waals surface area contributed by atoms with Crippen LogP contribution in [0, 0.1) is 5.92 Å². The summed E-state index contributed by atoms with van der Waals surface area (Å²) in [6.45, 7) is 3.25. The molecule has 122 valence electrons. The van der Waals surface area contributed by atoms with E-state index in [1.807, 2.05) is 7.05 Å². The summed E-state index contributed by atoms with van der Waals surface area (Å²) >= 11 is 0. The number of rotatable bonds is 6. The standard InChI is InChI=1S/C18H27N3.HI/c1-3-7-14-12-16(14)21-17(19-2)20-13-18(10-11-18)15-8-5-4-6-9-15;/h4-6,8-9,14,16H,3,7,10-13H2,1-2H3,(H2,19,20,21);1H. The van der Waals surface area contributed by atoms with E-state index in [-0.39, 0.29) is 24.0 Å². The van der Waals surface area contributed by atoms with Gasteiger partial charge in [0, 0.05) is 25.0 Å². The number of nitrogens with zero attached hydrogens (tertiary/aromatic N) is 1. The Bertz CT molecular complexity index is 496. The summed E-state index contributed by atoms with van der Waals surface area (Å²) in [5, 5.41) is 7.11. The second-order valence-corrected chi connectivity index (χ2v) is 6.61. The average Bonchev–Trinajstić information content (AvgIpc) is 3.42. The molecule has 1 aromatic rings. The van der Waals surface area contributed by atoms with E-state index in [1.54, 1.807) is 0 Å². The van der Waals surface area contributed by atoms with Crippen molar-refractivity contribution in [1.29, 1.82) is 0 Å².